The molecule has 2 N–H and O–H groups in total. The van der Waals surface area contributed by atoms with E-state index in [1.165, 1.54) is 0 Å². The van der Waals surface area contributed by atoms with Crippen molar-refractivity contribution in [3.8, 4) is 5.75 Å². The molecule has 0 saturated heterocycles. The summed E-state index contributed by atoms with van der Waals surface area (Å²) < 4.78 is 0. The zero-order valence-corrected chi connectivity index (χ0v) is 15.0. The highest BCUT2D eigenvalue weighted by Gasteiger charge is 2.29. The smallest absolute Gasteiger partial charge is 0.243 e. The first kappa shape index (κ1) is 17.5. The Hall–Kier alpha value is -1.84. The molecule has 0 aromatic heterocycles. The zero-order chi connectivity index (χ0) is 17.4. The third-order valence-corrected chi connectivity index (χ3v) is 4.08. The molecule has 1 aliphatic carbocycles. The summed E-state index contributed by atoms with van der Waals surface area (Å²) in [6.45, 7) is 12.4. The van der Waals surface area contributed by atoms with Gasteiger partial charge in [-0.15, -0.1) is 0 Å². The van der Waals surface area contributed by atoms with Crippen molar-refractivity contribution in [3.05, 3.63) is 28.8 Å². The zero-order valence-electron chi connectivity index (χ0n) is 15.0. The van der Waals surface area contributed by atoms with Crippen molar-refractivity contribution in [1.29, 1.82) is 0 Å². The standard InChI is InChI=1S/C19H28N2O2/c1-18(2,3)14-9-12(10-15(16(14)22)19(4,5)6)11-20-21-17(23)13-7-8-13/h9-11,13,22H,7-8H2,1-6H3,(H,21,23). The van der Waals surface area contributed by atoms with Gasteiger partial charge in [0.2, 0.25) is 5.91 Å². The van der Waals surface area contributed by atoms with Crippen LogP contribution in [0.5, 0.6) is 5.75 Å². The number of carbonyl (C=O) groups is 1. The molecule has 4 nitrogen and oxygen atoms in total. The van der Waals surface area contributed by atoms with Crippen molar-refractivity contribution in [3.63, 3.8) is 0 Å². The van der Waals surface area contributed by atoms with E-state index in [0.29, 0.717) is 5.75 Å². The van der Waals surface area contributed by atoms with Gasteiger partial charge in [-0.05, 0) is 41.4 Å². The highest BCUT2D eigenvalue weighted by molar-refractivity contribution is 5.85. The predicted molar refractivity (Wildman–Crippen MR) is 94.0 cm³/mol. The molecule has 1 aromatic rings. The molecule has 1 aromatic carbocycles. The highest BCUT2D eigenvalue weighted by Crippen LogP contribution is 2.39. The fourth-order valence-corrected chi connectivity index (χ4v) is 2.48. The van der Waals surface area contributed by atoms with Crippen molar-refractivity contribution in [2.45, 2.75) is 65.2 Å². The van der Waals surface area contributed by atoms with Crippen LogP contribution < -0.4 is 5.43 Å². The minimum absolute atomic E-state index is 0.00730. The molecule has 1 saturated carbocycles. The number of carbonyl (C=O) groups excluding carboxylic acids is 1. The van der Waals surface area contributed by atoms with Gasteiger partial charge in [0, 0.05) is 17.0 Å². The van der Waals surface area contributed by atoms with Gasteiger partial charge in [-0.25, -0.2) is 5.43 Å². The normalized spacial score (nSPS) is 15.9. The Balaban J connectivity index is 2.35. The minimum atomic E-state index is -0.175. The lowest BCUT2D eigenvalue weighted by Crippen LogP contribution is -2.20. The molecule has 126 valence electrons. The van der Waals surface area contributed by atoms with E-state index in [-0.39, 0.29) is 22.7 Å². The van der Waals surface area contributed by atoms with Crippen LogP contribution in [0.2, 0.25) is 0 Å². The first-order valence-corrected chi connectivity index (χ1v) is 8.21. The molecular formula is C19H28N2O2. The Morgan fingerprint density at radius 3 is 2.00 bits per heavy atom. The molecule has 0 heterocycles. The van der Waals surface area contributed by atoms with Crippen molar-refractivity contribution in [1.82, 2.24) is 5.43 Å². The van der Waals surface area contributed by atoms with Crippen molar-refractivity contribution >= 4 is 12.1 Å². The van der Waals surface area contributed by atoms with E-state index in [4.69, 9.17) is 0 Å². The van der Waals surface area contributed by atoms with E-state index in [0.717, 1.165) is 29.5 Å². The van der Waals surface area contributed by atoms with Crippen molar-refractivity contribution in [2.24, 2.45) is 11.0 Å². The molecule has 0 atom stereocenters. The van der Waals surface area contributed by atoms with Crippen LogP contribution in [-0.2, 0) is 15.6 Å². The number of hydrogen-bond acceptors (Lipinski definition) is 3. The summed E-state index contributed by atoms with van der Waals surface area (Å²) >= 11 is 0. The van der Waals surface area contributed by atoms with E-state index >= 15 is 0 Å². The van der Waals surface area contributed by atoms with Crippen LogP contribution in [0.1, 0.15) is 71.1 Å². The Morgan fingerprint density at radius 2 is 1.61 bits per heavy atom. The molecule has 0 aliphatic heterocycles. The van der Waals surface area contributed by atoms with Crippen molar-refractivity contribution in [2.75, 3.05) is 0 Å². The fraction of sp³-hybridized carbons (Fsp3) is 0.579. The molecule has 4 heteroatoms. The van der Waals surface area contributed by atoms with Crippen molar-refractivity contribution < 1.29 is 9.90 Å². The Kier molecular flexibility index (Phi) is 4.56. The van der Waals surface area contributed by atoms with Crippen LogP contribution in [0.4, 0.5) is 0 Å². The number of phenols is 1. The van der Waals surface area contributed by atoms with Crippen LogP contribution in [0, 0.1) is 5.92 Å². The maximum atomic E-state index is 11.6. The number of aromatic hydroxyl groups is 1. The van der Waals surface area contributed by atoms with E-state index in [1.54, 1.807) is 6.21 Å². The molecule has 0 radical (unpaired) electrons. The van der Waals surface area contributed by atoms with Crippen LogP contribution in [0.25, 0.3) is 0 Å². The molecular weight excluding hydrogens is 288 g/mol. The lowest BCUT2D eigenvalue weighted by atomic mass is 9.78. The monoisotopic (exact) mass is 316 g/mol. The van der Waals surface area contributed by atoms with E-state index in [1.807, 2.05) is 12.1 Å². The summed E-state index contributed by atoms with van der Waals surface area (Å²) in [4.78, 5) is 11.6. The van der Waals surface area contributed by atoms with Gasteiger partial charge in [-0.1, -0.05) is 41.5 Å². The maximum Gasteiger partial charge on any atom is 0.243 e. The SMILES string of the molecule is CC(C)(C)c1cc(C=NNC(=O)C2CC2)cc(C(C)(C)C)c1O. The second-order valence-corrected chi connectivity index (χ2v) is 8.47. The molecule has 0 unspecified atom stereocenters. The minimum Gasteiger partial charge on any atom is -0.507 e. The van der Waals surface area contributed by atoms with Gasteiger partial charge < -0.3 is 5.11 Å². The maximum absolute atomic E-state index is 11.6. The second kappa shape index (κ2) is 5.99. The number of benzene rings is 1. The van der Waals surface area contributed by atoms with Crippen LogP contribution in [0.15, 0.2) is 17.2 Å². The molecule has 2 rings (SSSR count). The summed E-state index contributed by atoms with van der Waals surface area (Å²) in [5, 5.41) is 14.7. The number of hydrogen-bond donors (Lipinski definition) is 2. The topological polar surface area (TPSA) is 61.7 Å². The van der Waals surface area contributed by atoms with E-state index in [9.17, 15) is 9.90 Å². The molecule has 1 amide bonds. The molecule has 0 bridgehead atoms. The molecule has 1 aliphatic rings. The summed E-state index contributed by atoms with van der Waals surface area (Å²) in [6, 6.07) is 3.88. The van der Waals surface area contributed by atoms with Gasteiger partial charge >= 0.3 is 0 Å². The number of rotatable bonds is 3. The van der Waals surface area contributed by atoms with Gasteiger partial charge in [-0.3, -0.25) is 4.79 Å². The first-order chi connectivity index (χ1) is 10.5. The quantitative estimate of drug-likeness (QED) is 0.657. The Morgan fingerprint density at radius 1 is 1.13 bits per heavy atom. The Bertz CT molecular complexity index is 595. The predicted octanol–water partition coefficient (Wildman–Crippen LogP) is 3.85. The summed E-state index contributed by atoms with van der Waals surface area (Å²) in [7, 11) is 0. The third-order valence-electron chi connectivity index (χ3n) is 4.08. The number of nitrogens with one attached hydrogen (secondary N) is 1. The Labute approximate surface area is 139 Å². The summed E-state index contributed by atoms with van der Waals surface area (Å²) in [5.41, 5.74) is 4.90. The number of amides is 1. The van der Waals surface area contributed by atoms with Gasteiger partial charge in [-0.2, -0.15) is 5.10 Å². The third kappa shape index (κ3) is 4.34. The lowest BCUT2D eigenvalue weighted by molar-refractivity contribution is -0.122. The summed E-state index contributed by atoms with van der Waals surface area (Å²) in [6.07, 6.45) is 3.58. The van der Waals surface area contributed by atoms with Crippen LogP contribution in [0.3, 0.4) is 0 Å². The number of phenolic OH excluding ortho intramolecular Hbond substituents is 1. The molecule has 23 heavy (non-hydrogen) atoms. The fourth-order valence-electron chi connectivity index (χ4n) is 2.48. The van der Waals surface area contributed by atoms with Crippen LogP contribution >= 0.6 is 0 Å². The number of hydrazone groups is 1. The second-order valence-electron chi connectivity index (χ2n) is 8.47. The molecule has 1 fully saturated rings. The van der Waals surface area contributed by atoms with Gasteiger partial charge in [0.25, 0.3) is 0 Å². The van der Waals surface area contributed by atoms with Gasteiger partial charge in [0.05, 0.1) is 6.21 Å². The largest absolute Gasteiger partial charge is 0.507 e. The average molecular weight is 316 g/mol. The number of nitrogens with zero attached hydrogens (tertiary/aromatic N) is 1. The first-order valence-electron chi connectivity index (χ1n) is 8.21. The summed E-state index contributed by atoms with van der Waals surface area (Å²) in [5.74, 6) is 0.485. The molecule has 0 spiro atoms. The average Bonchev–Trinajstić information content (AvgIpc) is 3.21. The lowest BCUT2D eigenvalue weighted by Gasteiger charge is -2.27. The van der Waals surface area contributed by atoms with Gasteiger partial charge in [0.15, 0.2) is 0 Å². The van der Waals surface area contributed by atoms with E-state index in [2.05, 4.69) is 52.1 Å². The highest BCUT2D eigenvalue weighted by atomic mass is 16.3. The van der Waals surface area contributed by atoms with Crippen LogP contribution in [-0.4, -0.2) is 17.2 Å². The van der Waals surface area contributed by atoms with E-state index < -0.39 is 0 Å². The van der Waals surface area contributed by atoms with Gasteiger partial charge in [0.1, 0.15) is 5.75 Å².